The number of alkyl halides is 3. The summed E-state index contributed by atoms with van der Waals surface area (Å²) in [4.78, 5) is 17.3. The molecule has 1 aliphatic carbocycles. The molecular weight excluding hydrogens is 633 g/mol. The minimum absolute atomic E-state index is 0.0227. The Morgan fingerprint density at radius 2 is 1.79 bits per heavy atom. The minimum Gasteiger partial charge on any atom is -0.346 e. The Morgan fingerprint density at radius 1 is 1.12 bits per heavy atom. The fourth-order valence-electron chi connectivity index (χ4n) is 6.21. The number of halogens is 6. The van der Waals surface area contributed by atoms with Gasteiger partial charge in [-0.25, -0.2) is 13.0 Å². The lowest BCUT2D eigenvalue weighted by Crippen LogP contribution is -2.50. The molecule has 1 amide bonds. The second-order valence-electron chi connectivity index (χ2n) is 11.0. The topological polar surface area (TPSA) is 79.4 Å². The van der Waals surface area contributed by atoms with Gasteiger partial charge >= 0.3 is 6.18 Å². The van der Waals surface area contributed by atoms with Crippen LogP contribution >= 0.6 is 11.6 Å². The zero-order valence-corrected chi connectivity index (χ0v) is 24.8. The average molecular weight is 658 g/mol. The standard InChI is InChI=1S/C29H25ClF5N3O3S2/c30-21-13-17(29(33,34)35)14-36-22(21)15-37-27(39)20-7-8-23-24(25(20)32)28(9-11-42(40)12-10-28)26(16-1-2-16)38(23)43(41)19-5-3-18(31)4-6-19/h3-8,13-14,16,26H,1-2,9-12,15H2,(H,37,39). The van der Waals surface area contributed by atoms with Crippen molar-refractivity contribution in [3.63, 3.8) is 0 Å². The van der Waals surface area contributed by atoms with Gasteiger partial charge < -0.3 is 5.32 Å². The Bertz CT molecular complexity index is 1640. The normalized spacial score (nSPS) is 24.2. The van der Waals surface area contributed by atoms with Gasteiger partial charge in [-0.3, -0.25) is 18.3 Å². The first-order valence-corrected chi connectivity index (χ1v) is 16.5. The van der Waals surface area contributed by atoms with Crippen molar-refractivity contribution < 1.29 is 35.2 Å². The Morgan fingerprint density at radius 3 is 2.40 bits per heavy atom. The van der Waals surface area contributed by atoms with Crippen molar-refractivity contribution in [3.05, 3.63) is 87.7 Å². The van der Waals surface area contributed by atoms with Gasteiger partial charge in [0.05, 0.1) is 45.0 Å². The number of hydrogen-bond acceptors (Lipinski definition) is 4. The van der Waals surface area contributed by atoms with Crippen LogP contribution < -0.4 is 9.62 Å². The number of benzene rings is 2. The zero-order chi connectivity index (χ0) is 30.7. The van der Waals surface area contributed by atoms with E-state index in [9.17, 15) is 30.8 Å². The molecule has 1 saturated carbocycles. The second kappa shape index (κ2) is 11.2. The number of hydrogen-bond donors (Lipinski definition) is 1. The summed E-state index contributed by atoms with van der Waals surface area (Å²) in [5, 5.41) is 2.19. The minimum atomic E-state index is -4.64. The SMILES string of the molecule is O=C(NCc1ncc(C(F)(F)F)cc1Cl)c1ccc2c(c1F)C1(CCS(=O)CC1)C(C1CC1)N2S(=O)c1ccc(F)cc1. The maximum atomic E-state index is 16.6. The highest BCUT2D eigenvalue weighted by Gasteiger charge is 2.60. The molecule has 2 aromatic carbocycles. The number of pyridine rings is 1. The maximum absolute atomic E-state index is 16.6. The summed E-state index contributed by atoms with van der Waals surface area (Å²) in [5.74, 6) is -1.34. The van der Waals surface area contributed by atoms with Crippen LogP contribution in [0.25, 0.3) is 0 Å². The van der Waals surface area contributed by atoms with Crippen LogP contribution in [0.5, 0.6) is 0 Å². The van der Waals surface area contributed by atoms with E-state index in [-0.39, 0.29) is 40.3 Å². The molecule has 2 unspecified atom stereocenters. The van der Waals surface area contributed by atoms with Crippen LogP contribution in [-0.4, -0.2) is 36.9 Å². The summed E-state index contributed by atoms with van der Waals surface area (Å²) >= 11 is 5.97. The highest BCUT2D eigenvalue weighted by molar-refractivity contribution is 7.86. The number of carbonyl (C=O) groups is 1. The molecule has 2 fully saturated rings. The molecule has 3 heterocycles. The lowest BCUT2D eigenvalue weighted by atomic mass is 9.70. The molecule has 1 saturated heterocycles. The van der Waals surface area contributed by atoms with Crippen molar-refractivity contribution >= 4 is 45.0 Å². The van der Waals surface area contributed by atoms with Gasteiger partial charge in [0.2, 0.25) is 0 Å². The van der Waals surface area contributed by atoms with Gasteiger partial charge in [-0.2, -0.15) is 13.2 Å². The highest BCUT2D eigenvalue weighted by Crippen LogP contribution is 2.59. The Labute approximate surface area is 254 Å². The lowest BCUT2D eigenvalue weighted by Gasteiger charge is -2.41. The molecule has 1 spiro atoms. The van der Waals surface area contributed by atoms with Crippen molar-refractivity contribution in [2.75, 3.05) is 15.8 Å². The van der Waals surface area contributed by atoms with Gasteiger partial charge in [-0.15, -0.1) is 0 Å². The van der Waals surface area contributed by atoms with Crippen LogP contribution in [0, 0.1) is 17.6 Å². The highest BCUT2D eigenvalue weighted by atomic mass is 35.5. The molecule has 2 atom stereocenters. The summed E-state index contributed by atoms with van der Waals surface area (Å²) in [5.41, 5.74) is -1.59. The van der Waals surface area contributed by atoms with E-state index in [1.165, 1.54) is 30.3 Å². The Hall–Kier alpha value is -2.90. The number of carbonyl (C=O) groups excluding carboxylic acids is 1. The van der Waals surface area contributed by atoms with Crippen molar-refractivity contribution in [1.82, 2.24) is 10.3 Å². The molecule has 2 aliphatic heterocycles. The molecule has 1 N–H and O–H groups in total. The van der Waals surface area contributed by atoms with Crippen molar-refractivity contribution in [2.45, 2.75) is 54.8 Å². The van der Waals surface area contributed by atoms with Gasteiger partial charge in [0, 0.05) is 39.5 Å². The third kappa shape index (κ3) is 5.48. The summed E-state index contributed by atoms with van der Waals surface area (Å²) in [6, 6.07) is 8.43. The van der Waals surface area contributed by atoms with E-state index in [4.69, 9.17) is 11.6 Å². The average Bonchev–Trinajstić information content (AvgIpc) is 3.76. The third-order valence-corrected chi connectivity index (χ3v) is 11.5. The van der Waals surface area contributed by atoms with E-state index >= 15 is 4.39 Å². The molecule has 1 aromatic heterocycles. The molecule has 0 radical (unpaired) electrons. The number of amides is 1. The summed E-state index contributed by atoms with van der Waals surface area (Å²) in [6.07, 6.45) is -1.60. The number of fused-ring (bicyclic) bond motifs is 2. The fourth-order valence-corrected chi connectivity index (χ4v) is 9.34. The number of rotatable bonds is 6. The van der Waals surface area contributed by atoms with Crippen LogP contribution in [-0.2, 0) is 39.9 Å². The van der Waals surface area contributed by atoms with E-state index in [0.29, 0.717) is 47.2 Å². The molecule has 6 rings (SSSR count). The number of anilines is 1. The van der Waals surface area contributed by atoms with E-state index in [2.05, 4.69) is 10.3 Å². The zero-order valence-electron chi connectivity index (χ0n) is 22.4. The summed E-state index contributed by atoms with van der Waals surface area (Å²) in [7, 11) is -2.91. The van der Waals surface area contributed by atoms with E-state index in [0.717, 1.165) is 12.8 Å². The van der Waals surface area contributed by atoms with Gasteiger partial charge in [0.15, 0.2) is 11.0 Å². The number of aromatic nitrogens is 1. The first kappa shape index (κ1) is 30.1. The summed E-state index contributed by atoms with van der Waals surface area (Å²) in [6.45, 7) is -0.345. The number of nitrogens with zero attached hydrogens (tertiary/aromatic N) is 2. The van der Waals surface area contributed by atoms with E-state index < -0.39 is 56.5 Å². The first-order chi connectivity index (χ1) is 20.4. The quantitative estimate of drug-likeness (QED) is 0.327. The molecule has 3 aliphatic rings. The van der Waals surface area contributed by atoms with Gasteiger partial charge in [-0.1, -0.05) is 11.6 Å². The van der Waals surface area contributed by atoms with E-state index in [1.54, 1.807) is 10.4 Å². The predicted molar refractivity (Wildman–Crippen MR) is 152 cm³/mol. The Balaban J connectivity index is 1.37. The molecule has 6 nitrogen and oxygen atoms in total. The molecule has 43 heavy (non-hydrogen) atoms. The molecule has 3 aromatic rings. The molecule has 14 heteroatoms. The van der Waals surface area contributed by atoms with Gasteiger partial charge in [0.1, 0.15) is 11.6 Å². The lowest BCUT2D eigenvalue weighted by molar-refractivity contribution is -0.137. The van der Waals surface area contributed by atoms with Crippen LogP contribution in [0.3, 0.4) is 0 Å². The maximum Gasteiger partial charge on any atom is 0.417 e. The second-order valence-corrected chi connectivity index (χ2v) is 14.4. The van der Waals surface area contributed by atoms with Gasteiger partial charge in [-0.05, 0) is 74.1 Å². The molecule has 0 bridgehead atoms. The molecular formula is C29H25ClF5N3O3S2. The van der Waals surface area contributed by atoms with E-state index in [1.807, 2.05) is 0 Å². The number of nitrogens with one attached hydrogen (secondary N) is 1. The monoisotopic (exact) mass is 657 g/mol. The molecule has 228 valence electrons. The smallest absolute Gasteiger partial charge is 0.346 e. The fraction of sp³-hybridized carbons (Fsp3) is 0.379. The van der Waals surface area contributed by atoms with Crippen LogP contribution in [0.2, 0.25) is 5.02 Å². The third-order valence-electron chi connectivity index (χ3n) is 8.39. The van der Waals surface area contributed by atoms with Crippen molar-refractivity contribution in [2.24, 2.45) is 5.92 Å². The van der Waals surface area contributed by atoms with Crippen molar-refractivity contribution in [1.29, 1.82) is 0 Å². The first-order valence-electron chi connectivity index (χ1n) is 13.5. The van der Waals surface area contributed by atoms with Crippen LogP contribution in [0.15, 0.2) is 53.6 Å². The largest absolute Gasteiger partial charge is 0.417 e. The van der Waals surface area contributed by atoms with Crippen LogP contribution in [0.4, 0.5) is 27.6 Å². The van der Waals surface area contributed by atoms with Crippen molar-refractivity contribution in [3.8, 4) is 0 Å². The summed E-state index contributed by atoms with van der Waals surface area (Å²) < 4.78 is 97.3. The van der Waals surface area contributed by atoms with Gasteiger partial charge in [0.25, 0.3) is 5.91 Å². The Kier molecular flexibility index (Phi) is 7.87. The van der Waals surface area contributed by atoms with Crippen LogP contribution in [0.1, 0.15) is 52.9 Å². The predicted octanol–water partition coefficient (Wildman–Crippen LogP) is 6.06.